The summed E-state index contributed by atoms with van der Waals surface area (Å²) in [6.45, 7) is 13.1. The molecule has 0 spiro atoms. The number of phenolic OH excluding ortho intramolecular Hbond substituents is 1. The number of para-hydroxylation sites is 2. The molecule has 302 valence electrons. The van der Waals surface area contributed by atoms with E-state index in [-0.39, 0.29) is 16.6 Å². The topological polar surface area (TPSA) is 74.7 Å². The van der Waals surface area contributed by atoms with E-state index in [1.165, 1.54) is 0 Å². The Hall–Kier alpha value is -7.55. The zero-order valence-corrected chi connectivity index (χ0v) is 36.0. The number of nitrogens with zero attached hydrogens (tertiary/aromatic N) is 4. The molecule has 0 aliphatic heterocycles. The van der Waals surface area contributed by atoms with Crippen molar-refractivity contribution >= 4 is 11.0 Å². The van der Waals surface area contributed by atoms with E-state index in [4.69, 9.17) is 9.97 Å². The van der Waals surface area contributed by atoms with Crippen molar-refractivity contribution in [3.8, 4) is 84.7 Å². The minimum Gasteiger partial charge on any atom is -0.507 e. The summed E-state index contributed by atoms with van der Waals surface area (Å²) >= 11 is 0. The molecule has 62 heavy (non-hydrogen) atoms. The van der Waals surface area contributed by atoms with Gasteiger partial charge < -0.3 is 5.11 Å². The predicted molar refractivity (Wildman–Crippen MR) is 255 cm³/mol. The number of pyridine rings is 1. The lowest BCUT2D eigenvalue weighted by molar-refractivity contribution is 0.446. The number of hydrogen-bond donors (Lipinski definition) is 1. The molecule has 0 saturated carbocycles. The molecule has 0 amide bonds. The van der Waals surface area contributed by atoms with E-state index in [0.29, 0.717) is 17.0 Å². The van der Waals surface area contributed by atoms with Gasteiger partial charge in [0.05, 0.1) is 33.5 Å². The number of nitriles is 1. The lowest BCUT2D eigenvalue weighted by Crippen LogP contribution is -2.17. The fourth-order valence-electron chi connectivity index (χ4n) is 8.38. The third kappa shape index (κ3) is 7.46. The van der Waals surface area contributed by atoms with E-state index >= 15 is 0 Å². The van der Waals surface area contributed by atoms with Gasteiger partial charge in [-0.05, 0) is 86.7 Å². The highest BCUT2D eigenvalue weighted by atomic mass is 16.3. The first-order valence-corrected chi connectivity index (χ1v) is 21.1. The highest BCUT2D eigenvalue weighted by molar-refractivity contribution is 5.98. The van der Waals surface area contributed by atoms with Crippen LogP contribution in [0.5, 0.6) is 5.75 Å². The highest BCUT2D eigenvalue weighted by Gasteiger charge is 2.29. The summed E-state index contributed by atoms with van der Waals surface area (Å²) in [4.78, 5) is 10.5. The number of benzene rings is 7. The molecule has 2 heterocycles. The average molecular weight is 805 g/mol. The molecule has 2 aromatic heterocycles. The first-order valence-electron chi connectivity index (χ1n) is 21.1. The minimum atomic E-state index is -0.335. The molecule has 9 aromatic rings. The molecule has 0 aliphatic rings. The second-order valence-corrected chi connectivity index (χ2v) is 18.0. The summed E-state index contributed by atoms with van der Waals surface area (Å²) in [5.74, 6) is 0.890. The zero-order valence-electron chi connectivity index (χ0n) is 36.0. The Morgan fingerprint density at radius 1 is 0.516 bits per heavy atom. The molecule has 5 nitrogen and oxygen atoms in total. The highest BCUT2D eigenvalue weighted by Crippen LogP contribution is 2.46. The number of phenols is 1. The summed E-state index contributed by atoms with van der Waals surface area (Å²) in [5, 5.41) is 22.5. The summed E-state index contributed by atoms with van der Waals surface area (Å²) in [7, 11) is 0. The number of imidazole rings is 1. The Morgan fingerprint density at radius 2 is 1.10 bits per heavy atom. The van der Waals surface area contributed by atoms with E-state index in [9.17, 15) is 10.4 Å². The third-order valence-electron chi connectivity index (χ3n) is 11.7. The van der Waals surface area contributed by atoms with Crippen LogP contribution in [0, 0.1) is 11.3 Å². The molecule has 1 N–H and O–H groups in total. The van der Waals surface area contributed by atoms with Crippen LogP contribution in [-0.2, 0) is 10.8 Å². The van der Waals surface area contributed by atoms with Crippen molar-refractivity contribution in [3.63, 3.8) is 0 Å². The molecule has 5 heteroatoms. The van der Waals surface area contributed by atoms with Gasteiger partial charge in [0.2, 0.25) is 0 Å². The van der Waals surface area contributed by atoms with E-state index in [0.717, 1.165) is 83.6 Å². The quantitative estimate of drug-likeness (QED) is 0.174. The predicted octanol–water partition coefficient (Wildman–Crippen LogP) is 14.6. The largest absolute Gasteiger partial charge is 0.507 e. The molecular formula is C57H48N4O. The van der Waals surface area contributed by atoms with Crippen LogP contribution in [0.2, 0.25) is 0 Å². The lowest BCUT2D eigenvalue weighted by Gasteiger charge is -2.27. The third-order valence-corrected chi connectivity index (χ3v) is 11.7. The molecule has 0 unspecified atom stereocenters. The average Bonchev–Trinajstić information content (AvgIpc) is 3.68. The molecule has 7 aromatic carbocycles. The van der Waals surface area contributed by atoms with Crippen molar-refractivity contribution in [2.24, 2.45) is 0 Å². The van der Waals surface area contributed by atoms with Crippen LogP contribution in [0.25, 0.3) is 83.9 Å². The summed E-state index contributed by atoms with van der Waals surface area (Å²) in [6.07, 6.45) is 1.68. The number of fused-ring (bicyclic) bond motifs is 1. The molecule has 0 saturated heterocycles. The number of aromatic hydroxyl groups is 1. The SMILES string of the molecule is CC(C)(C)c1cc(-c2nc3c(-c4cc(-c5ccccc5)cc(-c5cc(-c6ccccc6)c(C#N)cn5)c4)cccc3n2-c2ccccc2-c2ccccc2)c(O)c(C(C)(C)C)c1. The number of aromatic nitrogens is 3. The standard InChI is InChI=1S/C57H48N4O/c1-56(2,3)44-32-48(54(62)49(33-44)57(4,5)6)55-60-53-46(26-18-28-52(53)61(55)51-27-17-16-25-45(51)38-21-12-8-13-22-38)41-29-40(37-19-10-7-11-20-37)30-42(31-41)50-34-47(43(35-58)36-59-50)39-23-14-9-15-24-39/h7-34,36,62H,1-6H3. The van der Waals surface area contributed by atoms with Gasteiger partial charge in [-0.1, -0.05) is 169 Å². The maximum absolute atomic E-state index is 12.4. The van der Waals surface area contributed by atoms with Gasteiger partial charge in [-0.2, -0.15) is 5.26 Å². The van der Waals surface area contributed by atoms with Crippen molar-refractivity contribution in [3.05, 3.63) is 193 Å². The molecule has 0 atom stereocenters. The van der Waals surface area contributed by atoms with Crippen molar-refractivity contribution < 1.29 is 5.11 Å². The van der Waals surface area contributed by atoms with Gasteiger partial charge in [-0.3, -0.25) is 9.55 Å². The van der Waals surface area contributed by atoms with Crippen LogP contribution < -0.4 is 0 Å². The summed E-state index contributed by atoms with van der Waals surface area (Å²) in [6, 6.07) is 60.8. The van der Waals surface area contributed by atoms with Crippen LogP contribution in [0.15, 0.2) is 176 Å². The molecule has 0 bridgehead atoms. The van der Waals surface area contributed by atoms with Crippen molar-refractivity contribution in [1.82, 2.24) is 14.5 Å². The van der Waals surface area contributed by atoms with Crippen molar-refractivity contribution in [2.75, 3.05) is 0 Å². The Labute approximate surface area is 364 Å². The molecule has 0 radical (unpaired) electrons. The van der Waals surface area contributed by atoms with Crippen LogP contribution in [0.1, 0.15) is 58.2 Å². The van der Waals surface area contributed by atoms with Crippen molar-refractivity contribution in [1.29, 1.82) is 5.26 Å². The fourth-order valence-corrected chi connectivity index (χ4v) is 8.38. The Morgan fingerprint density at radius 3 is 1.74 bits per heavy atom. The van der Waals surface area contributed by atoms with E-state index in [1.54, 1.807) is 6.20 Å². The maximum atomic E-state index is 12.4. The van der Waals surface area contributed by atoms with Gasteiger partial charge in [0.25, 0.3) is 0 Å². The lowest BCUT2D eigenvalue weighted by atomic mass is 9.79. The van der Waals surface area contributed by atoms with Gasteiger partial charge in [-0.25, -0.2) is 4.98 Å². The Balaban J connectivity index is 1.35. The Kier molecular flexibility index (Phi) is 10.2. The van der Waals surface area contributed by atoms with E-state index in [2.05, 4.69) is 174 Å². The number of rotatable bonds is 7. The van der Waals surface area contributed by atoms with Gasteiger partial charge >= 0.3 is 0 Å². The number of hydrogen-bond acceptors (Lipinski definition) is 4. The van der Waals surface area contributed by atoms with Crippen LogP contribution in [0.3, 0.4) is 0 Å². The first-order chi connectivity index (χ1) is 29.9. The summed E-state index contributed by atoms with van der Waals surface area (Å²) < 4.78 is 2.23. The smallest absolute Gasteiger partial charge is 0.149 e. The van der Waals surface area contributed by atoms with Crippen LogP contribution in [0.4, 0.5) is 0 Å². The fraction of sp³-hybridized carbons (Fsp3) is 0.140. The molecule has 0 fully saturated rings. The van der Waals surface area contributed by atoms with E-state index in [1.807, 2.05) is 48.5 Å². The maximum Gasteiger partial charge on any atom is 0.149 e. The first kappa shape index (κ1) is 39.9. The van der Waals surface area contributed by atoms with Crippen LogP contribution >= 0.6 is 0 Å². The second-order valence-electron chi connectivity index (χ2n) is 18.0. The van der Waals surface area contributed by atoms with E-state index < -0.39 is 0 Å². The van der Waals surface area contributed by atoms with Gasteiger partial charge in [0.1, 0.15) is 17.6 Å². The normalized spacial score (nSPS) is 11.8. The Bertz CT molecular complexity index is 3140. The van der Waals surface area contributed by atoms with Gasteiger partial charge in [-0.15, -0.1) is 0 Å². The van der Waals surface area contributed by atoms with Gasteiger partial charge in [0, 0.05) is 34.0 Å². The van der Waals surface area contributed by atoms with Gasteiger partial charge in [0.15, 0.2) is 0 Å². The second kappa shape index (κ2) is 15.8. The van der Waals surface area contributed by atoms with Crippen LogP contribution in [-0.4, -0.2) is 19.6 Å². The molecular weight excluding hydrogens is 757 g/mol. The summed E-state index contributed by atoms with van der Waals surface area (Å²) in [5.41, 5.74) is 15.0. The zero-order chi connectivity index (χ0) is 43.2. The molecule has 0 aliphatic carbocycles. The minimum absolute atomic E-state index is 0.194. The monoisotopic (exact) mass is 804 g/mol. The van der Waals surface area contributed by atoms with Crippen molar-refractivity contribution in [2.45, 2.75) is 52.4 Å². The molecule has 9 rings (SSSR count).